The zero-order chi connectivity index (χ0) is 17.1. The molecule has 0 unspecified atom stereocenters. The van der Waals surface area contributed by atoms with E-state index in [0.717, 1.165) is 10.4 Å². The molecule has 3 rings (SSSR count). The molecule has 2 heterocycles. The van der Waals surface area contributed by atoms with Crippen LogP contribution in [0.25, 0.3) is 10.8 Å². The molecule has 24 heavy (non-hydrogen) atoms. The number of nitrogens with zero attached hydrogens (tertiary/aromatic N) is 1. The summed E-state index contributed by atoms with van der Waals surface area (Å²) in [5.41, 5.74) is 2.06. The lowest BCUT2D eigenvalue weighted by atomic mass is 10.1. The third-order valence-electron chi connectivity index (χ3n) is 3.53. The quantitative estimate of drug-likeness (QED) is 0.643. The lowest BCUT2D eigenvalue weighted by Gasteiger charge is -2.10. The van der Waals surface area contributed by atoms with Crippen molar-refractivity contribution >= 4 is 17.3 Å². The molecular weight excluding hydrogens is 326 g/mol. The summed E-state index contributed by atoms with van der Waals surface area (Å²) < 4.78 is 16.3. The Balaban J connectivity index is 1.80. The number of thiophene rings is 1. The van der Waals surface area contributed by atoms with Gasteiger partial charge in [-0.05, 0) is 37.4 Å². The summed E-state index contributed by atoms with van der Waals surface area (Å²) in [6, 6.07) is 9.29. The Morgan fingerprint density at radius 2 is 2.12 bits per heavy atom. The maximum absolute atomic E-state index is 11.9. The van der Waals surface area contributed by atoms with Crippen LogP contribution in [0.2, 0.25) is 0 Å². The second-order valence-corrected chi connectivity index (χ2v) is 6.23. The van der Waals surface area contributed by atoms with E-state index >= 15 is 0 Å². The molecule has 6 heteroatoms. The summed E-state index contributed by atoms with van der Waals surface area (Å²) >= 11 is 1.57. The van der Waals surface area contributed by atoms with Gasteiger partial charge in [0.05, 0.1) is 12.0 Å². The predicted molar refractivity (Wildman–Crippen MR) is 91.4 cm³/mol. The number of methoxy groups -OCH3 is 1. The molecule has 0 radical (unpaired) electrons. The molecule has 2 aromatic heterocycles. The van der Waals surface area contributed by atoms with Gasteiger partial charge in [-0.3, -0.25) is 0 Å². The van der Waals surface area contributed by atoms with Gasteiger partial charge in [-0.15, -0.1) is 11.3 Å². The number of carbonyl (C=O) groups is 1. The van der Waals surface area contributed by atoms with Crippen LogP contribution in [0, 0.1) is 13.8 Å². The lowest BCUT2D eigenvalue weighted by molar-refractivity contribution is 0.0595. The molecule has 5 nitrogen and oxygen atoms in total. The summed E-state index contributed by atoms with van der Waals surface area (Å²) in [5, 5.41) is 1.97. The molecule has 0 bridgehead atoms. The van der Waals surface area contributed by atoms with Crippen LogP contribution in [0.5, 0.6) is 5.75 Å². The maximum atomic E-state index is 11.9. The van der Waals surface area contributed by atoms with E-state index in [0.29, 0.717) is 28.7 Å². The second kappa shape index (κ2) is 6.88. The lowest BCUT2D eigenvalue weighted by Crippen LogP contribution is -2.07. The summed E-state index contributed by atoms with van der Waals surface area (Å²) in [6.45, 7) is 3.97. The Morgan fingerprint density at radius 1 is 1.29 bits per heavy atom. The Hall–Kier alpha value is -2.60. The van der Waals surface area contributed by atoms with Crippen molar-refractivity contribution in [2.24, 2.45) is 0 Å². The number of aryl methyl sites for hydroxylation is 2. The van der Waals surface area contributed by atoms with E-state index in [9.17, 15) is 4.79 Å². The van der Waals surface area contributed by atoms with Crippen LogP contribution >= 0.6 is 11.3 Å². The number of rotatable bonds is 5. The van der Waals surface area contributed by atoms with Gasteiger partial charge in [-0.2, -0.15) is 0 Å². The molecule has 0 aliphatic heterocycles. The van der Waals surface area contributed by atoms with Crippen molar-refractivity contribution < 1.29 is 18.7 Å². The van der Waals surface area contributed by atoms with Crippen LogP contribution < -0.4 is 4.74 Å². The van der Waals surface area contributed by atoms with E-state index in [1.807, 2.05) is 37.4 Å². The molecule has 0 atom stereocenters. The van der Waals surface area contributed by atoms with E-state index < -0.39 is 5.97 Å². The standard InChI is InChI=1S/C18H17NO4S/c1-11-6-7-15(13(9-11)18(20)21-3)22-10-14-12(2)23-17(19-14)16-5-4-8-24-16/h4-9H,10H2,1-3H3. The van der Waals surface area contributed by atoms with Crippen LogP contribution in [-0.2, 0) is 11.3 Å². The molecular formula is C18H17NO4S. The summed E-state index contributed by atoms with van der Waals surface area (Å²) in [6.07, 6.45) is 0. The highest BCUT2D eigenvalue weighted by Crippen LogP contribution is 2.27. The van der Waals surface area contributed by atoms with Crippen molar-refractivity contribution in [2.45, 2.75) is 20.5 Å². The molecule has 124 valence electrons. The molecule has 0 aliphatic rings. The SMILES string of the molecule is COC(=O)c1cc(C)ccc1OCc1nc(-c2cccs2)oc1C. The molecule has 0 aliphatic carbocycles. The molecule has 1 aromatic carbocycles. The zero-order valence-corrected chi connectivity index (χ0v) is 14.5. The number of esters is 1. The summed E-state index contributed by atoms with van der Waals surface area (Å²) in [5.74, 6) is 1.32. The number of hydrogen-bond donors (Lipinski definition) is 0. The molecule has 0 fully saturated rings. The molecule has 0 saturated heterocycles. The van der Waals surface area contributed by atoms with Crippen molar-refractivity contribution in [3.63, 3.8) is 0 Å². The molecule has 0 saturated carbocycles. The predicted octanol–water partition coefficient (Wildman–Crippen LogP) is 4.39. The van der Waals surface area contributed by atoms with Gasteiger partial charge in [-0.25, -0.2) is 9.78 Å². The van der Waals surface area contributed by atoms with Gasteiger partial charge in [0, 0.05) is 0 Å². The largest absolute Gasteiger partial charge is 0.486 e. The third kappa shape index (κ3) is 3.33. The first-order chi connectivity index (χ1) is 11.6. The van der Waals surface area contributed by atoms with Crippen molar-refractivity contribution in [3.8, 4) is 16.5 Å². The number of aromatic nitrogens is 1. The first-order valence-corrected chi connectivity index (χ1v) is 8.28. The van der Waals surface area contributed by atoms with E-state index in [-0.39, 0.29) is 6.61 Å². The maximum Gasteiger partial charge on any atom is 0.341 e. The Labute approximate surface area is 143 Å². The van der Waals surface area contributed by atoms with Crippen LogP contribution in [-0.4, -0.2) is 18.1 Å². The average molecular weight is 343 g/mol. The Kier molecular flexibility index (Phi) is 4.66. The number of benzene rings is 1. The van der Waals surface area contributed by atoms with E-state index in [2.05, 4.69) is 4.98 Å². The second-order valence-electron chi connectivity index (χ2n) is 5.28. The van der Waals surface area contributed by atoms with Crippen molar-refractivity contribution in [2.75, 3.05) is 7.11 Å². The fourth-order valence-electron chi connectivity index (χ4n) is 2.25. The highest BCUT2D eigenvalue weighted by molar-refractivity contribution is 7.13. The van der Waals surface area contributed by atoms with E-state index in [4.69, 9.17) is 13.9 Å². The number of ether oxygens (including phenoxy) is 2. The minimum Gasteiger partial charge on any atom is -0.486 e. The number of oxazole rings is 1. The topological polar surface area (TPSA) is 61.6 Å². The van der Waals surface area contributed by atoms with Crippen LogP contribution in [0.15, 0.2) is 40.1 Å². The van der Waals surface area contributed by atoms with Crippen molar-refractivity contribution in [1.29, 1.82) is 0 Å². The van der Waals surface area contributed by atoms with Gasteiger partial charge in [0.25, 0.3) is 0 Å². The molecule has 0 amide bonds. The molecule has 0 N–H and O–H groups in total. The molecule has 3 aromatic rings. The minimum atomic E-state index is -0.426. The highest BCUT2D eigenvalue weighted by Gasteiger charge is 2.16. The zero-order valence-electron chi connectivity index (χ0n) is 13.7. The Morgan fingerprint density at radius 3 is 2.83 bits per heavy atom. The van der Waals surface area contributed by atoms with Crippen LogP contribution in [0.1, 0.15) is 27.4 Å². The van der Waals surface area contributed by atoms with Gasteiger partial charge < -0.3 is 13.9 Å². The minimum absolute atomic E-state index is 0.216. The fraction of sp³-hybridized carbons (Fsp3) is 0.222. The first-order valence-electron chi connectivity index (χ1n) is 7.40. The van der Waals surface area contributed by atoms with Crippen LogP contribution in [0.4, 0.5) is 0 Å². The van der Waals surface area contributed by atoms with E-state index in [1.54, 1.807) is 23.5 Å². The smallest absolute Gasteiger partial charge is 0.341 e. The van der Waals surface area contributed by atoms with Crippen molar-refractivity contribution in [3.05, 3.63) is 58.3 Å². The monoisotopic (exact) mass is 343 g/mol. The van der Waals surface area contributed by atoms with Gasteiger partial charge >= 0.3 is 5.97 Å². The normalized spacial score (nSPS) is 10.6. The average Bonchev–Trinajstić information content (AvgIpc) is 3.22. The van der Waals surface area contributed by atoms with Gasteiger partial charge in [0.2, 0.25) is 5.89 Å². The summed E-state index contributed by atoms with van der Waals surface area (Å²) in [4.78, 5) is 17.3. The molecule has 0 spiro atoms. The van der Waals surface area contributed by atoms with Gasteiger partial charge in [0.15, 0.2) is 0 Å². The fourth-order valence-corrected chi connectivity index (χ4v) is 2.90. The third-order valence-corrected chi connectivity index (χ3v) is 4.39. The highest BCUT2D eigenvalue weighted by atomic mass is 32.1. The first kappa shape index (κ1) is 16.3. The number of carbonyl (C=O) groups excluding carboxylic acids is 1. The van der Waals surface area contributed by atoms with Crippen LogP contribution in [0.3, 0.4) is 0 Å². The number of hydrogen-bond acceptors (Lipinski definition) is 6. The van der Waals surface area contributed by atoms with Gasteiger partial charge in [0.1, 0.15) is 29.4 Å². The van der Waals surface area contributed by atoms with E-state index in [1.165, 1.54) is 7.11 Å². The van der Waals surface area contributed by atoms with Gasteiger partial charge in [-0.1, -0.05) is 17.7 Å². The Bertz CT molecular complexity index is 852. The summed E-state index contributed by atoms with van der Waals surface area (Å²) in [7, 11) is 1.35. The van der Waals surface area contributed by atoms with Crippen molar-refractivity contribution in [1.82, 2.24) is 4.98 Å².